The first-order valence-corrected chi connectivity index (χ1v) is 10.9. The quantitative estimate of drug-likeness (QED) is 0.481. The summed E-state index contributed by atoms with van der Waals surface area (Å²) < 4.78 is 1.55. The van der Waals surface area contributed by atoms with Crippen LogP contribution in [0.4, 0.5) is 10.8 Å². The standard InChI is InChI=1S/C21H20N4O2S2/c1-12-7-13(2)18(14(3)8-12)25(15(4)26)21-23-16(10-29-21)9-24-11-22-19-17(20(24)27)5-6-28-19/h5-8,10-11H,9H2,1-4H3. The highest BCUT2D eigenvalue weighted by Crippen LogP contribution is 2.34. The summed E-state index contributed by atoms with van der Waals surface area (Å²) in [6.07, 6.45) is 1.55. The highest BCUT2D eigenvalue weighted by molar-refractivity contribution is 7.16. The van der Waals surface area contributed by atoms with Crippen LogP contribution in [-0.4, -0.2) is 20.4 Å². The van der Waals surface area contributed by atoms with Crippen molar-refractivity contribution in [2.45, 2.75) is 34.2 Å². The zero-order valence-corrected chi connectivity index (χ0v) is 18.2. The Balaban J connectivity index is 1.70. The van der Waals surface area contributed by atoms with Gasteiger partial charge in [-0.05, 0) is 43.3 Å². The van der Waals surface area contributed by atoms with Gasteiger partial charge in [-0.3, -0.25) is 19.1 Å². The molecule has 4 rings (SSSR count). The number of aryl methyl sites for hydroxylation is 3. The number of benzene rings is 1. The van der Waals surface area contributed by atoms with Gasteiger partial charge in [0.15, 0.2) is 5.13 Å². The van der Waals surface area contributed by atoms with Crippen LogP contribution >= 0.6 is 22.7 Å². The number of rotatable bonds is 4. The fourth-order valence-corrected chi connectivity index (χ4v) is 5.15. The van der Waals surface area contributed by atoms with Crippen LogP contribution in [0.15, 0.2) is 40.1 Å². The van der Waals surface area contributed by atoms with Gasteiger partial charge in [0.25, 0.3) is 5.56 Å². The van der Waals surface area contributed by atoms with E-state index in [2.05, 4.69) is 22.1 Å². The number of hydrogen-bond donors (Lipinski definition) is 0. The van der Waals surface area contributed by atoms with Crippen LogP contribution in [0.2, 0.25) is 0 Å². The Labute approximate surface area is 176 Å². The summed E-state index contributed by atoms with van der Waals surface area (Å²) in [4.78, 5) is 36.5. The largest absolute Gasteiger partial charge is 0.293 e. The van der Waals surface area contributed by atoms with E-state index < -0.39 is 0 Å². The molecule has 6 nitrogen and oxygen atoms in total. The molecule has 0 atom stereocenters. The van der Waals surface area contributed by atoms with Crippen LogP contribution in [0.5, 0.6) is 0 Å². The first-order chi connectivity index (χ1) is 13.8. The third-order valence-corrected chi connectivity index (χ3v) is 6.38. The van der Waals surface area contributed by atoms with Gasteiger partial charge < -0.3 is 0 Å². The second-order valence-electron chi connectivity index (χ2n) is 7.04. The Morgan fingerprint density at radius 1 is 1.17 bits per heavy atom. The maximum Gasteiger partial charge on any atom is 0.262 e. The van der Waals surface area contributed by atoms with Crippen molar-refractivity contribution in [2.24, 2.45) is 0 Å². The maximum atomic E-state index is 12.6. The number of carbonyl (C=O) groups is 1. The Morgan fingerprint density at radius 3 is 2.59 bits per heavy atom. The lowest BCUT2D eigenvalue weighted by molar-refractivity contribution is -0.115. The van der Waals surface area contributed by atoms with Crippen LogP contribution in [-0.2, 0) is 11.3 Å². The minimum Gasteiger partial charge on any atom is -0.293 e. The van der Waals surface area contributed by atoms with E-state index in [-0.39, 0.29) is 11.5 Å². The molecule has 0 saturated carbocycles. The van der Waals surface area contributed by atoms with E-state index in [9.17, 15) is 9.59 Å². The molecule has 4 aromatic rings. The molecule has 0 spiro atoms. The van der Waals surface area contributed by atoms with Gasteiger partial charge in [0.2, 0.25) is 5.91 Å². The van der Waals surface area contributed by atoms with Crippen LogP contribution in [0.25, 0.3) is 10.2 Å². The Bertz CT molecular complexity index is 1260. The molecule has 0 aliphatic rings. The Hall–Kier alpha value is -2.84. The predicted octanol–water partition coefficient (Wildman–Crippen LogP) is 4.57. The summed E-state index contributed by atoms with van der Waals surface area (Å²) in [7, 11) is 0. The molecule has 3 aromatic heterocycles. The smallest absolute Gasteiger partial charge is 0.262 e. The number of thiazole rings is 1. The van der Waals surface area contributed by atoms with Crippen molar-refractivity contribution in [3.05, 3.63) is 68.0 Å². The molecule has 1 amide bonds. The van der Waals surface area contributed by atoms with Gasteiger partial charge in [0, 0.05) is 12.3 Å². The summed E-state index contributed by atoms with van der Waals surface area (Å²) in [5.74, 6) is -0.0977. The topological polar surface area (TPSA) is 68.1 Å². The number of aromatic nitrogens is 3. The fraction of sp³-hybridized carbons (Fsp3) is 0.238. The minimum atomic E-state index is -0.0977. The molecule has 29 heavy (non-hydrogen) atoms. The average molecular weight is 425 g/mol. The van der Waals surface area contributed by atoms with E-state index in [0.717, 1.165) is 32.9 Å². The highest BCUT2D eigenvalue weighted by atomic mass is 32.1. The molecule has 0 aliphatic heterocycles. The van der Waals surface area contributed by atoms with E-state index in [1.165, 1.54) is 22.7 Å². The molecule has 3 heterocycles. The maximum absolute atomic E-state index is 12.6. The number of fused-ring (bicyclic) bond motifs is 1. The van der Waals surface area contributed by atoms with Crippen molar-refractivity contribution < 1.29 is 4.79 Å². The fourth-order valence-electron chi connectivity index (χ4n) is 3.56. The number of nitrogens with zero attached hydrogens (tertiary/aromatic N) is 4. The lowest BCUT2D eigenvalue weighted by Gasteiger charge is -2.23. The van der Waals surface area contributed by atoms with Gasteiger partial charge in [0.1, 0.15) is 4.83 Å². The van der Waals surface area contributed by atoms with Gasteiger partial charge in [0.05, 0.1) is 29.6 Å². The number of carbonyl (C=O) groups excluding carboxylic acids is 1. The van der Waals surface area contributed by atoms with Crippen LogP contribution in [0.3, 0.4) is 0 Å². The molecule has 0 N–H and O–H groups in total. The molecule has 0 radical (unpaired) electrons. The van der Waals surface area contributed by atoms with Crippen LogP contribution in [0.1, 0.15) is 29.3 Å². The summed E-state index contributed by atoms with van der Waals surface area (Å²) in [6.45, 7) is 7.89. The van der Waals surface area contributed by atoms with Crippen molar-refractivity contribution in [1.29, 1.82) is 0 Å². The molecule has 0 fully saturated rings. The second-order valence-corrected chi connectivity index (χ2v) is 8.77. The van der Waals surface area contributed by atoms with Gasteiger partial charge in [-0.15, -0.1) is 22.7 Å². The molecule has 0 saturated heterocycles. The Morgan fingerprint density at radius 2 is 1.90 bits per heavy atom. The Kier molecular flexibility index (Phi) is 5.06. The zero-order chi connectivity index (χ0) is 20.7. The number of hydrogen-bond acceptors (Lipinski definition) is 6. The van der Waals surface area contributed by atoms with E-state index in [4.69, 9.17) is 0 Å². The van der Waals surface area contributed by atoms with Crippen LogP contribution in [0, 0.1) is 20.8 Å². The molecule has 148 valence electrons. The summed E-state index contributed by atoms with van der Waals surface area (Å²) in [5.41, 5.74) is 4.71. The molecular weight excluding hydrogens is 404 g/mol. The van der Waals surface area contributed by atoms with Crippen molar-refractivity contribution in [2.75, 3.05) is 4.90 Å². The molecule has 0 aliphatic carbocycles. The van der Waals surface area contributed by atoms with Crippen molar-refractivity contribution >= 4 is 49.6 Å². The molecule has 1 aromatic carbocycles. The summed E-state index contributed by atoms with van der Waals surface area (Å²) in [5, 5.41) is 4.96. The molecular formula is C21H20N4O2S2. The third kappa shape index (κ3) is 3.61. The first kappa shape index (κ1) is 19.5. The van der Waals surface area contributed by atoms with Gasteiger partial charge in [-0.1, -0.05) is 17.7 Å². The molecule has 0 bridgehead atoms. The van der Waals surface area contributed by atoms with Crippen molar-refractivity contribution in [1.82, 2.24) is 14.5 Å². The molecule has 0 unspecified atom stereocenters. The van der Waals surface area contributed by atoms with Gasteiger partial charge >= 0.3 is 0 Å². The number of anilines is 2. The second kappa shape index (κ2) is 7.53. The van der Waals surface area contributed by atoms with Gasteiger partial charge in [-0.2, -0.15) is 0 Å². The highest BCUT2D eigenvalue weighted by Gasteiger charge is 2.22. The van der Waals surface area contributed by atoms with E-state index >= 15 is 0 Å². The number of thiophene rings is 1. The average Bonchev–Trinajstić information content (AvgIpc) is 3.29. The lowest BCUT2D eigenvalue weighted by Crippen LogP contribution is -2.25. The zero-order valence-electron chi connectivity index (χ0n) is 16.6. The van der Waals surface area contributed by atoms with Crippen molar-refractivity contribution in [3.63, 3.8) is 0 Å². The predicted molar refractivity (Wildman–Crippen MR) is 119 cm³/mol. The van der Waals surface area contributed by atoms with Gasteiger partial charge in [-0.25, -0.2) is 9.97 Å². The number of amides is 1. The minimum absolute atomic E-state index is 0.0838. The summed E-state index contributed by atoms with van der Waals surface area (Å²) >= 11 is 2.84. The first-order valence-electron chi connectivity index (χ1n) is 9.10. The van der Waals surface area contributed by atoms with E-state index in [0.29, 0.717) is 17.1 Å². The summed E-state index contributed by atoms with van der Waals surface area (Å²) in [6, 6.07) is 5.92. The normalized spacial score (nSPS) is 11.2. The van der Waals surface area contributed by atoms with Crippen molar-refractivity contribution in [3.8, 4) is 0 Å². The van der Waals surface area contributed by atoms with E-state index in [1.54, 1.807) is 28.8 Å². The lowest BCUT2D eigenvalue weighted by atomic mass is 10.0. The molecule has 8 heteroatoms. The third-order valence-electron chi connectivity index (χ3n) is 4.69. The van der Waals surface area contributed by atoms with E-state index in [1.807, 2.05) is 31.5 Å². The SMILES string of the molecule is CC(=O)N(c1nc(Cn2cnc3sccc3c2=O)cs1)c1c(C)cc(C)cc1C. The van der Waals surface area contributed by atoms with Crippen LogP contribution < -0.4 is 10.5 Å². The monoisotopic (exact) mass is 424 g/mol.